The van der Waals surface area contributed by atoms with Gasteiger partial charge in [-0.15, -0.1) is 0 Å². The van der Waals surface area contributed by atoms with E-state index in [4.69, 9.17) is 0 Å². The van der Waals surface area contributed by atoms with Crippen LogP contribution in [0.5, 0.6) is 0 Å². The minimum absolute atomic E-state index is 0.180. The lowest BCUT2D eigenvalue weighted by Crippen LogP contribution is -2.33. The van der Waals surface area contributed by atoms with Gasteiger partial charge in [0.25, 0.3) is 0 Å². The number of hydrogen-bond donors (Lipinski definition) is 1. The summed E-state index contributed by atoms with van der Waals surface area (Å²) >= 11 is 0. The molecule has 16 heavy (non-hydrogen) atoms. The van der Waals surface area contributed by atoms with E-state index in [-0.39, 0.29) is 5.41 Å². The van der Waals surface area contributed by atoms with E-state index < -0.39 is 0 Å². The van der Waals surface area contributed by atoms with Crippen molar-refractivity contribution in [1.29, 1.82) is 0 Å². The van der Waals surface area contributed by atoms with Crippen molar-refractivity contribution < 1.29 is 0 Å². The highest BCUT2D eigenvalue weighted by molar-refractivity contribution is 5.29. The summed E-state index contributed by atoms with van der Waals surface area (Å²) in [5.41, 5.74) is 2.88. The zero-order valence-electron chi connectivity index (χ0n) is 11.2. The van der Waals surface area contributed by atoms with Crippen LogP contribution in [-0.4, -0.2) is 17.6 Å². The summed E-state index contributed by atoms with van der Waals surface area (Å²) in [4.78, 5) is 4.24. The predicted molar refractivity (Wildman–Crippen MR) is 69.8 cm³/mol. The fourth-order valence-electron chi connectivity index (χ4n) is 2.47. The van der Waals surface area contributed by atoms with Gasteiger partial charge in [0.2, 0.25) is 0 Å². The molecule has 0 amide bonds. The van der Waals surface area contributed by atoms with Gasteiger partial charge < -0.3 is 5.32 Å². The summed E-state index contributed by atoms with van der Waals surface area (Å²) in [6.07, 6.45) is 5.00. The molecule has 1 unspecified atom stereocenters. The molecule has 1 heterocycles. The molecule has 0 spiro atoms. The van der Waals surface area contributed by atoms with Gasteiger partial charge in [0.15, 0.2) is 0 Å². The molecular weight excluding hydrogens is 196 g/mol. The Bertz CT molecular complexity index is 331. The zero-order chi connectivity index (χ0) is 12.2. The first-order valence-corrected chi connectivity index (χ1v) is 6.12. The van der Waals surface area contributed by atoms with E-state index in [2.05, 4.69) is 51.0 Å². The van der Waals surface area contributed by atoms with E-state index in [1.807, 2.05) is 12.4 Å². The summed E-state index contributed by atoms with van der Waals surface area (Å²) in [5, 5.41) is 3.47. The molecule has 0 aliphatic rings. The number of rotatable bonds is 5. The maximum Gasteiger partial charge on any atom is 0.0307 e. The van der Waals surface area contributed by atoms with E-state index in [0.717, 1.165) is 13.0 Å². The van der Waals surface area contributed by atoms with Crippen LogP contribution in [0.2, 0.25) is 0 Å². The third kappa shape index (κ3) is 3.31. The van der Waals surface area contributed by atoms with Gasteiger partial charge in [0.05, 0.1) is 0 Å². The van der Waals surface area contributed by atoms with E-state index in [9.17, 15) is 0 Å². The third-order valence-electron chi connectivity index (χ3n) is 3.14. The van der Waals surface area contributed by atoms with E-state index in [1.54, 1.807) is 0 Å². The number of pyridine rings is 1. The Labute approximate surface area is 99.5 Å². The average Bonchev–Trinajstić information content (AvgIpc) is 2.17. The van der Waals surface area contributed by atoms with Crippen LogP contribution in [-0.2, 0) is 5.41 Å². The van der Waals surface area contributed by atoms with Crippen molar-refractivity contribution in [2.24, 2.45) is 0 Å². The number of nitrogens with zero attached hydrogens (tertiary/aromatic N) is 1. The fraction of sp³-hybridized carbons (Fsp3) is 0.643. The molecule has 1 atom stereocenters. The monoisotopic (exact) mass is 220 g/mol. The molecule has 1 aromatic heterocycles. The first kappa shape index (κ1) is 13.2. The van der Waals surface area contributed by atoms with Gasteiger partial charge in [0.1, 0.15) is 0 Å². The molecule has 0 aliphatic heterocycles. The Hall–Kier alpha value is -0.890. The summed E-state index contributed by atoms with van der Waals surface area (Å²) in [7, 11) is 0. The number of aryl methyl sites for hydroxylation is 1. The molecular formula is C14H24N2. The van der Waals surface area contributed by atoms with Gasteiger partial charge in [-0.05, 0) is 49.4 Å². The number of nitrogens with one attached hydrogen (secondary N) is 1. The zero-order valence-corrected chi connectivity index (χ0v) is 11.2. The minimum atomic E-state index is 0.180. The Kier molecular flexibility index (Phi) is 4.48. The second kappa shape index (κ2) is 5.44. The maximum absolute atomic E-state index is 4.24. The second-order valence-corrected chi connectivity index (χ2v) is 5.24. The van der Waals surface area contributed by atoms with Crippen molar-refractivity contribution in [2.45, 2.75) is 52.5 Å². The number of hydrogen-bond acceptors (Lipinski definition) is 2. The van der Waals surface area contributed by atoms with Gasteiger partial charge in [-0.1, -0.05) is 20.8 Å². The van der Waals surface area contributed by atoms with Crippen LogP contribution >= 0.6 is 0 Å². The summed E-state index contributed by atoms with van der Waals surface area (Å²) in [6.45, 7) is 12.2. The van der Waals surface area contributed by atoms with Crippen LogP contribution in [0, 0.1) is 6.92 Å². The first-order chi connectivity index (χ1) is 7.47. The Morgan fingerprint density at radius 1 is 1.44 bits per heavy atom. The third-order valence-corrected chi connectivity index (χ3v) is 3.14. The second-order valence-electron chi connectivity index (χ2n) is 5.24. The van der Waals surface area contributed by atoms with Crippen LogP contribution < -0.4 is 5.32 Å². The maximum atomic E-state index is 4.24. The Morgan fingerprint density at radius 2 is 2.12 bits per heavy atom. The van der Waals surface area contributed by atoms with E-state index >= 15 is 0 Å². The Balaban J connectivity index is 2.81. The van der Waals surface area contributed by atoms with Crippen LogP contribution in [0.1, 0.15) is 45.2 Å². The molecule has 0 bridgehead atoms. The molecule has 2 heteroatoms. The van der Waals surface area contributed by atoms with Crippen LogP contribution in [0.15, 0.2) is 18.5 Å². The molecule has 0 saturated carbocycles. The fourth-order valence-corrected chi connectivity index (χ4v) is 2.47. The smallest absolute Gasteiger partial charge is 0.0307 e. The molecule has 1 aromatic rings. The highest BCUT2D eigenvalue weighted by Crippen LogP contribution is 2.30. The molecule has 0 fully saturated rings. The van der Waals surface area contributed by atoms with E-state index in [0.29, 0.717) is 6.04 Å². The highest BCUT2D eigenvalue weighted by atomic mass is 14.9. The van der Waals surface area contributed by atoms with Gasteiger partial charge >= 0.3 is 0 Å². The SMILES string of the molecule is CCNC(C)CC(C)(C)c1cnccc1C. The number of aromatic nitrogens is 1. The van der Waals surface area contributed by atoms with Crippen molar-refractivity contribution in [1.82, 2.24) is 10.3 Å². The molecule has 2 nitrogen and oxygen atoms in total. The van der Waals surface area contributed by atoms with Crippen molar-refractivity contribution >= 4 is 0 Å². The Morgan fingerprint density at radius 3 is 2.69 bits per heavy atom. The first-order valence-electron chi connectivity index (χ1n) is 6.12. The summed E-state index contributed by atoms with van der Waals surface area (Å²) in [6, 6.07) is 2.63. The largest absolute Gasteiger partial charge is 0.315 e. The lowest BCUT2D eigenvalue weighted by Gasteiger charge is -2.30. The molecule has 1 rings (SSSR count). The molecule has 0 aromatic carbocycles. The van der Waals surface area contributed by atoms with Gasteiger partial charge in [-0.2, -0.15) is 0 Å². The van der Waals surface area contributed by atoms with E-state index in [1.165, 1.54) is 11.1 Å². The van der Waals surface area contributed by atoms with Gasteiger partial charge in [-0.25, -0.2) is 0 Å². The minimum Gasteiger partial charge on any atom is -0.315 e. The van der Waals surface area contributed by atoms with Crippen LogP contribution in [0.4, 0.5) is 0 Å². The predicted octanol–water partition coefficient (Wildman–Crippen LogP) is 3.06. The standard InChI is InChI=1S/C14H24N2/c1-6-16-12(3)9-14(4,5)13-10-15-8-7-11(13)2/h7-8,10,12,16H,6,9H2,1-5H3. The highest BCUT2D eigenvalue weighted by Gasteiger charge is 2.24. The molecule has 0 saturated heterocycles. The molecule has 0 aliphatic carbocycles. The topological polar surface area (TPSA) is 24.9 Å². The van der Waals surface area contributed by atoms with Crippen molar-refractivity contribution in [2.75, 3.05) is 6.54 Å². The lowest BCUT2D eigenvalue weighted by molar-refractivity contribution is 0.392. The molecule has 0 radical (unpaired) electrons. The molecule has 1 N–H and O–H groups in total. The van der Waals surface area contributed by atoms with Crippen molar-refractivity contribution in [3.63, 3.8) is 0 Å². The average molecular weight is 220 g/mol. The van der Waals surface area contributed by atoms with Crippen molar-refractivity contribution in [3.05, 3.63) is 29.6 Å². The van der Waals surface area contributed by atoms with Crippen LogP contribution in [0.3, 0.4) is 0 Å². The van der Waals surface area contributed by atoms with Gasteiger partial charge in [0, 0.05) is 18.4 Å². The summed E-state index contributed by atoms with van der Waals surface area (Å²) in [5.74, 6) is 0. The van der Waals surface area contributed by atoms with Crippen LogP contribution in [0.25, 0.3) is 0 Å². The lowest BCUT2D eigenvalue weighted by atomic mass is 9.78. The quantitative estimate of drug-likeness (QED) is 0.825. The molecule has 90 valence electrons. The van der Waals surface area contributed by atoms with Gasteiger partial charge in [-0.3, -0.25) is 4.98 Å². The van der Waals surface area contributed by atoms with Crippen molar-refractivity contribution in [3.8, 4) is 0 Å². The normalized spacial score (nSPS) is 13.8. The summed E-state index contributed by atoms with van der Waals surface area (Å²) < 4.78 is 0.